The topological polar surface area (TPSA) is 97.8 Å². The molecule has 1 aliphatic rings. The summed E-state index contributed by atoms with van der Waals surface area (Å²) in [4.78, 5) is 27.1. The van der Waals surface area contributed by atoms with Crippen LogP contribution in [0.5, 0.6) is 11.5 Å². The van der Waals surface area contributed by atoms with Gasteiger partial charge in [0, 0.05) is 11.8 Å². The molecule has 3 rings (SSSR count). The molecular weight excluding hydrogens is 312 g/mol. The lowest BCUT2D eigenvalue weighted by Crippen LogP contribution is -2.41. The molecule has 0 fully saturated rings. The number of carboxylic acid groups (broad SMARTS) is 1. The summed E-state index contributed by atoms with van der Waals surface area (Å²) in [5, 5.41) is 11.9. The molecule has 0 spiro atoms. The van der Waals surface area contributed by atoms with Gasteiger partial charge in [-0.2, -0.15) is 0 Å². The van der Waals surface area contributed by atoms with Crippen molar-refractivity contribution in [3.05, 3.63) is 53.3 Å². The minimum absolute atomic E-state index is 0.177. The third-order valence-electron chi connectivity index (χ3n) is 3.76. The third-order valence-corrected chi connectivity index (χ3v) is 3.76. The highest BCUT2D eigenvalue weighted by molar-refractivity contribution is 5.97. The van der Waals surface area contributed by atoms with Gasteiger partial charge in [-0.05, 0) is 43.7 Å². The van der Waals surface area contributed by atoms with Crippen LogP contribution in [0, 0.1) is 0 Å². The first-order chi connectivity index (χ1) is 11.4. The largest absolute Gasteiger partial charge is 0.477 e. The number of nitrogens with one attached hydrogen (secondary N) is 1. The van der Waals surface area contributed by atoms with E-state index in [1.807, 2.05) is 26.0 Å². The van der Waals surface area contributed by atoms with Gasteiger partial charge in [-0.3, -0.25) is 4.79 Å². The van der Waals surface area contributed by atoms with Gasteiger partial charge in [0.15, 0.2) is 11.5 Å². The molecule has 0 radical (unpaired) electrons. The first-order valence-electron chi connectivity index (χ1n) is 7.29. The Morgan fingerprint density at radius 1 is 1.17 bits per heavy atom. The van der Waals surface area contributed by atoms with Gasteiger partial charge in [0.1, 0.15) is 5.69 Å². The molecule has 0 bridgehead atoms. The van der Waals surface area contributed by atoms with Gasteiger partial charge in [0.05, 0.1) is 5.54 Å². The molecule has 2 N–H and O–H groups in total. The van der Waals surface area contributed by atoms with E-state index < -0.39 is 11.5 Å². The lowest BCUT2D eigenvalue weighted by atomic mass is 9.93. The Labute approximate surface area is 138 Å². The summed E-state index contributed by atoms with van der Waals surface area (Å²) in [6, 6.07) is 8.17. The molecule has 0 aliphatic carbocycles. The van der Waals surface area contributed by atoms with Crippen LogP contribution >= 0.6 is 0 Å². The van der Waals surface area contributed by atoms with Crippen LogP contribution in [-0.4, -0.2) is 28.8 Å². The Hall–Kier alpha value is -3.09. The van der Waals surface area contributed by atoms with Crippen LogP contribution in [0.4, 0.5) is 0 Å². The molecule has 1 aromatic heterocycles. The van der Waals surface area contributed by atoms with Crippen LogP contribution in [0.3, 0.4) is 0 Å². The molecule has 1 aromatic carbocycles. The highest BCUT2D eigenvalue weighted by Crippen LogP contribution is 2.35. The Morgan fingerprint density at radius 3 is 2.67 bits per heavy atom. The average molecular weight is 328 g/mol. The maximum Gasteiger partial charge on any atom is 0.354 e. The number of carboxylic acids is 1. The average Bonchev–Trinajstić information content (AvgIpc) is 3.02. The number of pyridine rings is 1. The van der Waals surface area contributed by atoms with Crippen molar-refractivity contribution in [3.8, 4) is 11.5 Å². The number of fused-ring (bicyclic) bond motifs is 1. The van der Waals surface area contributed by atoms with Gasteiger partial charge in [-0.25, -0.2) is 9.78 Å². The van der Waals surface area contributed by atoms with Crippen LogP contribution in [0.1, 0.15) is 40.3 Å². The number of carbonyl (C=O) groups excluding carboxylic acids is 1. The molecule has 0 saturated carbocycles. The Morgan fingerprint density at radius 2 is 1.92 bits per heavy atom. The number of hydrogen-bond donors (Lipinski definition) is 2. The summed E-state index contributed by atoms with van der Waals surface area (Å²) in [6.45, 7) is 3.88. The molecule has 0 atom stereocenters. The summed E-state index contributed by atoms with van der Waals surface area (Å²) in [7, 11) is 0. The fraction of sp³-hybridized carbons (Fsp3) is 0.235. The van der Waals surface area contributed by atoms with Gasteiger partial charge in [-0.15, -0.1) is 0 Å². The lowest BCUT2D eigenvalue weighted by Gasteiger charge is -2.27. The smallest absolute Gasteiger partial charge is 0.354 e. The molecule has 0 saturated heterocycles. The van der Waals surface area contributed by atoms with Gasteiger partial charge in [-0.1, -0.05) is 6.07 Å². The zero-order chi connectivity index (χ0) is 17.3. The standard InChI is InChI=1S/C17H16N2O5/c1-17(2,11-3-4-13-14(8-11)24-9-23-13)19-15(20)10-5-6-18-12(7-10)16(21)22/h3-8H,9H2,1-2H3,(H,19,20)(H,21,22). The van der Waals surface area contributed by atoms with Gasteiger partial charge in [0.2, 0.25) is 6.79 Å². The number of carbonyl (C=O) groups is 2. The molecule has 0 unspecified atom stereocenters. The SMILES string of the molecule is CC(C)(NC(=O)c1ccnc(C(=O)O)c1)c1ccc2c(c1)OCO2. The van der Waals surface area contributed by atoms with Crippen molar-refractivity contribution >= 4 is 11.9 Å². The minimum Gasteiger partial charge on any atom is -0.477 e. The van der Waals surface area contributed by atoms with Crippen molar-refractivity contribution in [2.24, 2.45) is 0 Å². The fourth-order valence-corrected chi connectivity index (χ4v) is 2.40. The van der Waals surface area contributed by atoms with Crippen LogP contribution < -0.4 is 14.8 Å². The van der Waals surface area contributed by atoms with Crippen LogP contribution in [0.15, 0.2) is 36.5 Å². The Kier molecular flexibility index (Phi) is 3.84. The van der Waals surface area contributed by atoms with E-state index >= 15 is 0 Å². The molecule has 124 valence electrons. The normalized spacial score (nSPS) is 12.8. The second-order valence-corrected chi connectivity index (χ2v) is 5.88. The predicted molar refractivity (Wildman–Crippen MR) is 84.3 cm³/mol. The van der Waals surface area contributed by atoms with E-state index in [1.165, 1.54) is 18.3 Å². The molecule has 1 amide bonds. The zero-order valence-corrected chi connectivity index (χ0v) is 13.2. The second kappa shape index (κ2) is 5.84. The number of aromatic carboxylic acids is 1. The van der Waals surface area contributed by atoms with E-state index in [0.717, 1.165) is 5.56 Å². The first-order valence-corrected chi connectivity index (χ1v) is 7.29. The molecule has 7 nitrogen and oxygen atoms in total. The van der Waals surface area contributed by atoms with E-state index in [0.29, 0.717) is 11.5 Å². The van der Waals surface area contributed by atoms with Gasteiger partial charge in [0.25, 0.3) is 5.91 Å². The number of benzene rings is 1. The second-order valence-electron chi connectivity index (χ2n) is 5.88. The van der Waals surface area contributed by atoms with E-state index in [1.54, 1.807) is 6.07 Å². The number of ether oxygens (including phenoxy) is 2. The predicted octanol–water partition coefficient (Wildman–Crippen LogP) is 2.17. The molecule has 7 heteroatoms. The highest BCUT2D eigenvalue weighted by atomic mass is 16.7. The zero-order valence-electron chi connectivity index (χ0n) is 13.2. The summed E-state index contributed by atoms with van der Waals surface area (Å²) in [6.07, 6.45) is 1.30. The van der Waals surface area contributed by atoms with E-state index in [2.05, 4.69) is 10.3 Å². The van der Waals surface area contributed by atoms with Crippen molar-refractivity contribution < 1.29 is 24.2 Å². The van der Waals surface area contributed by atoms with Crippen LogP contribution in [-0.2, 0) is 5.54 Å². The number of rotatable bonds is 4. The third kappa shape index (κ3) is 3.01. The van der Waals surface area contributed by atoms with Crippen molar-refractivity contribution in [1.29, 1.82) is 0 Å². The monoisotopic (exact) mass is 328 g/mol. The van der Waals surface area contributed by atoms with Crippen molar-refractivity contribution in [1.82, 2.24) is 10.3 Å². The molecule has 2 heterocycles. The fourth-order valence-electron chi connectivity index (χ4n) is 2.40. The van der Waals surface area contributed by atoms with E-state index in [9.17, 15) is 9.59 Å². The number of hydrogen-bond acceptors (Lipinski definition) is 5. The van der Waals surface area contributed by atoms with Crippen molar-refractivity contribution in [2.75, 3.05) is 6.79 Å². The molecule has 2 aromatic rings. The molecular formula is C17H16N2O5. The maximum atomic E-state index is 12.5. The number of amides is 1. The van der Waals surface area contributed by atoms with E-state index in [-0.39, 0.29) is 24.0 Å². The summed E-state index contributed by atoms with van der Waals surface area (Å²) >= 11 is 0. The first kappa shape index (κ1) is 15.8. The van der Waals surface area contributed by atoms with Gasteiger partial charge < -0.3 is 19.9 Å². The molecule has 24 heavy (non-hydrogen) atoms. The van der Waals surface area contributed by atoms with Gasteiger partial charge >= 0.3 is 5.97 Å². The van der Waals surface area contributed by atoms with Crippen molar-refractivity contribution in [2.45, 2.75) is 19.4 Å². The maximum absolute atomic E-state index is 12.5. The minimum atomic E-state index is -1.18. The Bertz CT molecular complexity index is 816. The number of nitrogens with zero attached hydrogens (tertiary/aromatic N) is 1. The summed E-state index contributed by atoms with van der Waals surface area (Å²) in [5.74, 6) is -0.268. The van der Waals surface area contributed by atoms with Crippen LogP contribution in [0.25, 0.3) is 0 Å². The molecule has 1 aliphatic heterocycles. The number of aromatic nitrogens is 1. The lowest BCUT2D eigenvalue weighted by molar-refractivity contribution is 0.0690. The summed E-state index contributed by atoms with van der Waals surface area (Å²) in [5.41, 5.74) is 0.206. The Balaban J connectivity index is 1.82. The quantitative estimate of drug-likeness (QED) is 0.892. The summed E-state index contributed by atoms with van der Waals surface area (Å²) < 4.78 is 10.6. The van der Waals surface area contributed by atoms with Crippen LogP contribution in [0.2, 0.25) is 0 Å². The van der Waals surface area contributed by atoms with E-state index in [4.69, 9.17) is 14.6 Å². The van der Waals surface area contributed by atoms with Crippen molar-refractivity contribution in [3.63, 3.8) is 0 Å². The highest BCUT2D eigenvalue weighted by Gasteiger charge is 2.26.